The molecular weight excluding hydrogens is 414 g/mol. The van der Waals surface area contributed by atoms with Gasteiger partial charge in [-0.2, -0.15) is 0 Å². The predicted octanol–water partition coefficient (Wildman–Crippen LogP) is 4.47. The van der Waals surface area contributed by atoms with Gasteiger partial charge < -0.3 is 19.9 Å². The number of nitrogens with one attached hydrogen (secondary N) is 1. The molecule has 0 aliphatic carbocycles. The van der Waals surface area contributed by atoms with Gasteiger partial charge in [-0.25, -0.2) is 4.79 Å². The quantitative estimate of drug-likeness (QED) is 0.652. The van der Waals surface area contributed by atoms with Crippen molar-refractivity contribution in [2.45, 2.75) is 6.92 Å². The summed E-state index contributed by atoms with van der Waals surface area (Å²) < 4.78 is 5.35. The van der Waals surface area contributed by atoms with Crippen LogP contribution in [0.1, 0.15) is 5.56 Å². The van der Waals surface area contributed by atoms with Crippen LogP contribution in [0.4, 0.5) is 16.3 Å². The molecule has 1 aliphatic heterocycles. The zero-order valence-corrected chi connectivity index (χ0v) is 18.3. The van der Waals surface area contributed by atoms with E-state index < -0.39 is 0 Å². The number of urea groups is 1. The third-order valence-electron chi connectivity index (χ3n) is 5.29. The molecule has 1 fully saturated rings. The van der Waals surface area contributed by atoms with E-state index in [1.165, 1.54) is 0 Å². The van der Waals surface area contributed by atoms with Crippen molar-refractivity contribution in [1.29, 1.82) is 0 Å². The number of halogens is 1. The summed E-state index contributed by atoms with van der Waals surface area (Å²) in [5, 5.41) is 12.3. The van der Waals surface area contributed by atoms with Gasteiger partial charge in [-0.15, -0.1) is 10.2 Å². The maximum atomic E-state index is 12.7. The summed E-state index contributed by atoms with van der Waals surface area (Å²) in [6, 6.07) is 17.0. The van der Waals surface area contributed by atoms with Gasteiger partial charge in [-0.1, -0.05) is 35.9 Å². The molecule has 4 rings (SSSR count). The van der Waals surface area contributed by atoms with Gasteiger partial charge in [-0.05, 0) is 42.8 Å². The molecular formula is C23H24ClN5O2. The Morgan fingerprint density at radius 2 is 1.81 bits per heavy atom. The number of piperazine rings is 1. The number of hydrogen-bond acceptors (Lipinski definition) is 5. The monoisotopic (exact) mass is 437 g/mol. The Hall–Kier alpha value is -3.32. The first kappa shape index (κ1) is 20.9. The molecule has 0 saturated carbocycles. The lowest BCUT2D eigenvalue weighted by Gasteiger charge is -2.35. The van der Waals surface area contributed by atoms with Crippen LogP contribution in [-0.2, 0) is 0 Å². The minimum Gasteiger partial charge on any atom is -0.495 e. The van der Waals surface area contributed by atoms with Crippen LogP contribution in [0.25, 0.3) is 11.3 Å². The fourth-order valence-corrected chi connectivity index (χ4v) is 3.79. The Kier molecular flexibility index (Phi) is 6.23. The van der Waals surface area contributed by atoms with Crippen LogP contribution in [0.3, 0.4) is 0 Å². The summed E-state index contributed by atoms with van der Waals surface area (Å²) >= 11 is 6.25. The molecule has 2 aromatic carbocycles. The normalized spacial score (nSPS) is 13.8. The molecule has 160 valence electrons. The molecule has 8 heteroatoms. The largest absolute Gasteiger partial charge is 0.495 e. The summed E-state index contributed by atoms with van der Waals surface area (Å²) in [4.78, 5) is 16.6. The molecule has 31 heavy (non-hydrogen) atoms. The molecule has 0 unspecified atom stereocenters. The molecule has 0 bridgehead atoms. The van der Waals surface area contributed by atoms with Gasteiger partial charge in [-0.3, -0.25) is 0 Å². The summed E-state index contributed by atoms with van der Waals surface area (Å²) in [5.41, 5.74) is 3.33. The van der Waals surface area contributed by atoms with Gasteiger partial charge in [0, 0.05) is 31.7 Å². The average Bonchev–Trinajstić information content (AvgIpc) is 2.80. The molecule has 3 aromatic rings. The third kappa shape index (κ3) is 4.72. The van der Waals surface area contributed by atoms with Crippen LogP contribution in [-0.4, -0.2) is 54.4 Å². The van der Waals surface area contributed by atoms with Crippen molar-refractivity contribution >= 4 is 29.1 Å². The lowest BCUT2D eigenvalue weighted by molar-refractivity contribution is 0.208. The highest BCUT2D eigenvalue weighted by Gasteiger charge is 2.23. The summed E-state index contributed by atoms with van der Waals surface area (Å²) in [6.45, 7) is 4.52. The number of anilines is 2. The molecule has 2 amide bonds. The highest BCUT2D eigenvalue weighted by atomic mass is 35.5. The van der Waals surface area contributed by atoms with Crippen molar-refractivity contribution < 1.29 is 9.53 Å². The van der Waals surface area contributed by atoms with E-state index in [2.05, 4.69) is 20.4 Å². The summed E-state index contributed by atoms with van der Waals surface area (Å²) in [5.74, 6) is 1.43. The van der Waals surface area contributed by atoms with Crippen LogP contribution in [0.15, 0.2) is 54.6 Å². The highest BCUT2D eigenvalue weighted by Crippen LogP contribution is 2.27. The molecule has 0 radical (unpaired) electrons. The summed E-state index contributed by atoms with van der Waals surface area (Å²) in [7, 11) is 1.59. The second-order valence-corrected chi connectivity index (χ2v) is 7.77. The van der Waals surface area contributed by atoms with E-state index >= 15 is 0 Å². The maximum absolute atomic E-state index is 12.7. The van der Waals surface area contributed by atoms with Gasteiger partial charge in [0.25, 0.3) is 0 Å². The fraction of sp³-hybridized carbons (Fsp3) is 0.261. The van der Waals surface area contributed by atoms with Crippen molar-refractivity contribution in [3.8, 4) is 17.0 Å². The topological polar surface area (TPSA) is 70.6 Å². The van der Waals surface area contributed by atoms with Crippen molar-refractivity contribution in [2.75, 3.05) is 43.5 Å². The van der Waals surface area contributed by atoms with E-state index in [0.29, 0.717) is 42.6 Å². The molecule has 1 aromatic heterocycles. The zero-order chi connectivity index (χ0) is 21.8. The van der Waals surface area contributed by atoms with E-state index in [9.17, 15) is 4.79 Å². The first-order valence-electron chi connectivity index (χ1n) is 10.1. The Morgan fingerprint density at radius 3 is 2.48 bits per heavy atom. The lowest BCUT2D eigenvalue weighted by atomic mass is 10.1. The van der Waals surface area contributed by atoms with Crippen LogP contribution in [0.2, 0.25) is 5.02 Å². The van der Waals surface area contributed by atoms with Gasteiger partial charge in [0.1, 0.15) is 5.75 Å². The van der Waals surface area contributed by atoms with Gasteiger partial charge in [0.2, 0.25) is 0 Å². The number of rotatable bonds is 4. The second kappa shape index (κ2) is 9.22. The Labute approximate surface area is 186 Å². The smallest absolute Gasteiger partial charge is 0.322 e. The van der Waals surface area contributed by atoms with Gasteiger partial charge >= 0.3 is 6.03 Å². The minimum absolute atomic E-state index is 0.135. The molecule has 0 atom stereocenters. The van der Waals surface area contributed by atoms with Crippen LogP contribution < -0.4 is 15.0 Å². The fourth-order valence-electron chi connectivity index (χ4n) is 3.56. The van der Waals surface area contributed by atoms with E-state index in [0.717, 1.165) is 22.6 Å². The molecule has 2 heterocycles. The van der Waals surface area contributed by atoms with Crippen LogP contribution in [0.5, 0.6) is 5.75 Å². The Balaban J connectivity index is 1.37. The van der Waals surface area contributed by atoms with E-state index in [1.54, 1.807) is 12.0 Å². The average molecular weight is 438 g/mol. The number of ether oxygens (including phenoxy) is 1. The van der Waals surface area contributed by atoms with E-state index in [4.69, 9.17) is 16.3 Å². The molecule has 1 N–H and O–H groups in total. The predicted molar refractivity (Wildman–Crippen MR) is 123 cm³/mol. The number of carbonyl (C=O) groups excluding carboxylic acids is 1. The number of nitrogens with zero attached hydrogens (tertiary/aromatic N) is 4. The van der Waals surface area contributed by atoms with Crippen molar-refractivity contribution in [3.63, 3.8) is 0 Å². The van der Waals surface area contributed by atoms with Crippen molar-refractivity contribution in [2.24, 2.45) is 0 Å². The number of benzene rings is 2. The van der Waals surface area contributed by atoms with E-state index in [-0.39, 0.29) is 6.03 Å². The first-order valence-corrected chi connectivity index (χ1v) is 10.5. The highest BCUT2D eigenvalue weighted by molar-refractivity contribution is 6.33. The number of carbonyl (C=O) groups is 1. The Morgan fingerprint density at radius 1 is 1.03 bits per heavy atom. The third-order valence-corrected chi connectivity index (χ3v) is 5.62. The number of aromatic nitrogens is 2. The SMILES string of the molecule is COc1ccc(C)cc1NC(=O)N1CCN(c2ccc(-c3ccccc3Cl)nn2)CC1. The molecule has 7 nitrogen and oxygen atoms in total. The lowest BCUT2D eigenvalue weighted by Crippen LogP contribution is -2.50. The Bertz CT molecular complexity index is 1070. The van der Waals surface area contributed by atoms with Crippen LogP contribution >= 0.6 is 11.6 Å². The number of amides is 2. The zero-order valence-electron chi connectivity index (χ0n) is 17.5. The van der Waals surface area contributed by atoms with Crippen molar-refractivity contribution in [3.05, 3.63) is 65.2 Å². The van der Waals surface area contributed by atoms with Crippen molar-refractivity contribution in [1.82, 2.24) is 15.1 Å². The number of methoxy groups -OCH3 is 1. The molecule has 1 aliphatic rings. The summed E-state index contributed by atoms with van der Waals surface area (Å²) in [6.07, 6.45) is 0. The first-order chi connectivity index (χ1) is 15.0. The second-order valence-electron chi connectivity index (χ2n) is 7.36. The maximum Gasteiger partial charge on any atom is 0.322 e. The van der Waals surface area contributed by atoms with E-state index in [1.807, 2.05) is 61.5 Å². The molecule has 1 saturated heterocycles. The minimum atomic E-state index is -0.135. The van der Waals surface area contributed by atoms with Crippen LogP contribution in [0, 0.1) is 6.92 Å². The standard InChI is InChI=1S/C23H24ClN5O2/c1-16-7-9-21(31-2)20(15-16)25-23(30)29-13-11-28(12-14-29)22-10-8-19(26-27-22)17-5-3-4-6-18(17)24/h3-10,15H,11-14H2,1-2H3,(H,25,30). The molecule has 0 spiro atoms. The van der Waals surface area contributed by atoms with Gasteiger partial charge in [0.05, 0.1) is 23.5 Å². The van der Waals surface area contributed by atoms with Gasteiger partial charge in [0.15, 0.2) is 5.82 Å². The number of aryl methyl sites for hydroxylation is 1. The number of hydrogen-bond donors (Lipinski definition) is 1.